The van der Waals surface area contributed by atoms with Gasteiger partial charge in [-0.15, -0.1) is 0 Å². The maximum atomic E-state index is 2.53. The third kappa shape index (κ3) is 5.59. The molecule has 1 aliphatic rings. The van der Waals surface area contributed by atoms with Gasteiger partial charge in [-0.25, -0.2) is 0 Å². The van der Waals surface area contributed by atoms with Crippen LogP contribution in [0.4, 0.5) is 0 Å². The van der Waals surface area contributed by atoms with Crippen molar-refractivity contribution < 1.29 is 0 Å². The molecular formula is C18H34. The highest BCUT2D eigenvalue weighted by atomic mass is 14.3. The third-order valence-electron chi connectivity index (χ3n) is 5.11. The van der Waals surface area contributed by atoms with Crippen LogP contribution in [0.3, 0.4) is 0 Å². The lowest BCUT2D eigenvalue weighted by molar-refractivity contribution is 0.160. The Hall–Kier alpha value is -0.260. The first kappa shape index (κ1) is 15.8. The number of unbranched alkanes of at least 4 members (excludes halogenated alkanes) is 5. The van der Waals surface area contributed by atoms with Crippen LogP contribution >= 0.6 is 0 Å². The molecule has 1 aliphatic carbocycles. The predicted molar refractivity (Wildman–Crippen MR) is 82.9 cm³/mol. The van der Waals surface area contributed by atoms with Crippen molar-refractivity contribution in [3.8, 4) is 0 Å². The van der Waals surface area contributed by atoms with E-state index >= 15 is 0 Å². The van der Waals surface area contributed by atoms with E-state index < -0.39 is 0 Å². The van der Waals surface area contributed by atoms with Gasteiger partial charge in [0.2, 0.25) is 0 Å². The molecule has 0 amide bonds. The molecule has 0 aromatic rings. The van der Waals surface area contributed by atoms with Crippen molar-refractivity contribution in [2.24, 2.45) is 11.3 Å². The van der Waals surface area contributed by atoms with Crippen LogP contribution in [-0.4, -0.2) is 0 Å². The van der Waals surface area contributed by atoms with E-state index in [1.165, 1.54) is 70.6 Å². The minimum absolute atomic E-state index is 0.604. The molecule has 18 heavy (non-hydrogen) atoms. The molecule has 0 heteroatoms. The van der Waals surface area contributed by atoms with Gasteiger partial charge in [-0.3, -0.25) is 0 Å². The Morgan fingerprint density at radius 2 is 1.50 bits per heavy atom. The molecule has 1 unspecified atom stereocenters. The summed E-state index contributed by atoms with van der Waals surface area (Å²) in [5, 5.41) is 0. The molecule has 0 heterocycles. The Labute approximate surface area is 115 Å². The van der Waals surface area contributed by atoms with Crippen LogP contribution in [0.15, 0.2) is 12.2 Å². The van der Waals surface area contributed by atoms with Crippen molar-refractivity contribution in [1.82, 2.24) is 0 Å². The first-order chi connectivity index (χ1) is 8.69. The van der Waals surface area contributed by atoms with E-state index in [2.05, 4.69) is 32.9 Å². The molecule has 0 aliphatic heterocycles. The topological polar surface area (TPSA) is 0 Å². The normalized spacial score (nSPS) is 20.6. The molecule has 0 spiro atoms. The van der Waals surface area contributed by atoms with Crippen molar-refractivity contribution in [3.63, 3.8) is 0 Å². The van der Waals surface area contributed by atoms with Gasteiger partial charge < -0.3 is 0 Å². The summed E-state index contributed by atoms with van der Waals surface area (Å²) in [5.74, 6) is 0.906. The van der Waals surface area contributed by atoms with E-state index in [1.807, 2.05) is 0 Å². The summed E-state index contributed by atoms with van der Waals surface area (Å²) in [7, 11) is 0. The van der Waals surface area contributed by atoms with Crippen molar-refractivity contribution in [3.05, 3.63) is 12.2 Å². The van der Waals surface area contributed by atoms with Gasteiger partial charge in [0.1, 0.15) is 0 Å². The molecule has 0 fully saturated rings. The molecular weight excluding hydrogens is 216 g/mol. The average Bonchev–Trinajstić information content (AvgIpc) is 2.59. The number of allylic oxidation sites excluding steroid dienone is 2. The van der Waals surface area contributed by atoms with Crippen LogP contribution < -0.4 is 0 Å². The quantitative estimate of drug-likeness (QED) is 0.340. The van der Waals surface area contributed by atoms with Crippen molar-refractivity contribution in [2.75, 3.05) is 0 Å². The fourth-order valence-electron chi connectivity index (χ4n) is 3.26. The van der Waals surface area contributed by atoms with Crippen LogP contribution in [0.5, 0.6) is 0 Å². The average molecular weight is 250 g/mol. The summed E-state index contributed by atoms with van der Waals surface area (Å²) < 4.78 is 0. The minimum Gasteiger partial charge on any atom is -0.0885 e. The summed E-state index contributed by atoms with van der Waals surface area (Å²) in [6, 6.07) is 0. The minimum atomic E-state index is 0.604. The van der Waals surface area contributed by atoms with Crippen molar-refractivity contribution in [1.29, 1.82) is 0 Å². The Bertz CT molecular complexity index is 216. The summed E-state index contributed by atoms with van der Waals surface area (Å²) in [5.41, 5.74) is 0.604. The van der Waals surface area contributed by atoms with Gasteiger partial charge in [0.05, 0.1) is 0 Å². The predicted octanol–water partition coefficient (Wildman–Crippen LogP) is 6.51. The first-order valence-electron chi connectivity index (χ1n) is 8.34. The molecule has 106 valence electrons. The number of rotatable bonds is 8. The van der Waals surface area contributed by atoms with E-state index in [-0.39, 0.29) is 0 Å². The molecule has 0 aromatic carbocycles. The van der Waals surface area contributed by atoms with Gasteiger partial charge >= 0.3 is 0 Å². The van der Waals surface area contributed by atoms with Gasteiger partial charge in [0, 0.05) is 0 Å². The molecule has 0 aromatic heterocycles. The van der Waals surface area contributed by atoms with Crippen LogP contribution in [0, 0.1) is 11.3 Å². The highest BCUT2D eigenvalue weighted by molar-refractivity contribution is 4.93. The van der Waals surface area contributed by atoms with Gasteiger partial charge in [-0.1, -0.05) is 77.9 Å². The lowest BCUT2D eigenvalue weighted by Crippen LogP contribution is -2.24. The Kier molecular flexibility index (Phi) is 7.70. The van der Waals surface area contributed by atoms with E-state index in [1.54, 1.807) is 0 Å². The highest BCUT2D eigenvalue weighted by Crippen LogP contribution is 2.41. The van der Waals surface area contributed by atoms with Crippen LogP contribution in [0.1, 0.15) is 91.4 Å². The lowest BCUT2D eigenvalue weighted by Gasteiger charge is -2.35. The maximum absolute atomic E-state index is 2.53. The molecule has 0 saturated carbocycles. The standard InChI is InChI=1S/C18H34/c1-4-5-6-7-8-11-14-17(2)18(3)15-12-9-10-13-16-18/h9-10,17H,4-8,11-16H2,1-3H3. The molecule has 0 saturated heterocycles. The summed E-state index contributed by atoms with van der Waals surface area (Å²) >= 11 is 0. The fourth-order valence-corrected chi connectivity index (χ4v) is 3.26. The van der Waals surface area contributed by atoms with Gasteiger partial charge in [-0.2, -0.15) is 0 Å². The first-order valence-corrected chi connectivity index (χ1v) is 8.34. The zero-order valence-electron chi connectivity index (χ0n) is 13.0. The van der Waals surface area contributed by atoms with Crippen molar-refractivity contribution in [2.45, 2.75) is 91.4 Å². The van der Waals surface area contributed by atoms with Crippen LogP contribution in [0.25, 0.3) is 0 Å². The Morgan fingerprint density at radius 1 is 0.944 bits per heavy atom. The Balaban J connectivity index is 2.16. The van der Waals surface area contributed by atoms with Gasteiger partial charge in [0.15, 0.2) is 0 Å². The fraction of sp³-hybridized carbons (Fsp3) is 0.889. The van der Waals surface area contributed by atoms with Gasteiger partial charge in [0.25, 0.3) is 0 Å². The van der Waals surface area contributed by atoms with Crippen LogP contribution in [-0.2, 0) is 0 Å². The summed E-state index contributed by atoms with van der Waals surface area (Å²) in [6.07, 6.45) is 20.3. The second kappa shape index (κ2) is 8.77. The molecule has 0 nitrogen and oxygen atoms in total. The zero-order chi connectivity index (χ0) is 13.3. The zero-order valence-corrected chi connectivity index (χ0v) is 13.0. The highest BCUT2D eigenvalue weighted by Gasteiger charge is 2.29. The number of hydrogen-bond acceptors (Lipinski definition) is 0. The number of hydrogen-bond donors (Lipinski definition) is 0. The second-order valence-electron chi connectivity index (χ2n) is 6.66. The van der Waals surface area contributed by atoms with Crippen LogP contribution in [0.2, 0.25) is 0 Å². The largest absolute Gasteiger partial charge is 0.0885 e. The lowest BCUT2D eigenvalue weighted by atomic mass is 9.70. The van der Waals surface area contributed by atoms with E-state index in [0.29, 0.717) is 5.41 Å². The van der Waals surface area contributed by atoms with E-state index in [9.17, 15) is 0 Å². The molecule has 0 radical (unpaired) electrons. The summed E-state index contributed by atoms with van der Waals surface area (Å²) in [4.78, 5) is 0. The molecule has 0 bridgehead atoms. The summed E-state index contributed by atoms with van der Waals surface area (Å²) in [6.45, 7) is 7.32. The Morgan fingerprint density at radius 3 is 2.11 bits per heavy atom. The van der Waals surface area contributed by atoms with Crippen molar-refractivity contribution >= 4 is 0 Å². The SMILES string of the molecule is CCCCCCCCC(C)C1(C)CCC=CCC1. The maximum Gasteiger partial charge on any atom is -0.0294 e. The third-order valence-corrected chi connectivity index (χ3v) is 5.11. The molecule has 1 rings (SSSR count). The van der Waals surface area contributed by atoms with E-state index in [0.717, 1.165) is 5.92 Å². The second-order valence-corrected chi connectivity index (χ2v) is 6.66. The van der Waals surface area contributed by atoms with Gasteiger partial charge in [-0.05, 0) is 37.0 Å². The monoisotopic (exact) mass is 250 g/mol. The molecule has 0 N–H and O–H groups in total. The molecule has 1 atom stereocenters. The van der Waals surface area contributed by atoms with E-state index in [4.69, 9.17) is 0 Å². The smallest absolute Gasteiger partial charge is 0.0294 e.